The number of carboxylic acid groups (broad SMARTS) is 1. The average molecular weight is 312 g/mol. The van der Waals surface area contributed by atoms with Crippen LogP contribution in [0.25, 0.3) is 0 Å². The van der Waals surface area contributed by atoms with Crippen LogP contribution >= 0.6 is 15.9 Å². The van der Waals surface area contributed by atoms with Crippen LogP contribution in [0.2, 0.25) is 0 Å². The minimum atomic E-state index is -0.702. The summed E-state index contributed by atoms with van der Waals surface area (Å²) in [6.07, 6.45) is 3.35. The van der Waals surface area contributed by atoms with Crippen molar-refractivity contribution in [1.29, 1.82) is 0 Å². The van der Waals surface area contributed by atoms with Crippen molar-refractivity contribution >= 4 is 21.9 Å². The smallest absolute Gasteiger partial charge is 0.303 e. The Kier molecular flexibility index (Phi) is 4.78. The van der Waals surface area contributed by atoms with Gasteiger partial charge in [-0.05, 0) is 44.0 Å². The fourth-order valence-electron chi connectivity index (χ4n) is 2.62. The second-order valence-corrected chi connectivity index (χ2v) is 5.57. The maximum atomic E-state index is 10.6. The Hall–Kier alpha value is -0.870. The van der Waals surface area contributed by atoms with E-state index < -0.39 is 5.97 Å². The summed E-state index contributed by atoms with van der Waals surface area (Å²) >= 11 is 3.60. The first-order valence-electron chi connectivity index (χ1n) is 6.39. The summed E-state index contributed by atoms with van der Waals surface area (Å²) in [7, 11) is 0. The normalized spacial score (nSPS) is 20.2. The van der Waals surface area contributed by atoms with Crippen molar-refractivity contribution in [2.24, 2.45) is 0 Å². The van der Waals surface area contributed by atoms with E-state index in [1.165, 1.54) is 12.0 Å². The largest absolute Gasteiger partial charge is 0.481 e. The Morgan fingerprint density at radius 2 is 2.22 bits per heavy atom. The predicted octanol–water partition coefficient (Wildman–Crippen LogP) is 3.45. The van der Waals surface area contributed by atoms with Crippen LogP contribution < -0.4 is 0 Å². The fourth-order valence-corrected chi connectivity index (χ4v) is 3.17. The summed E-state index contributed by atoms with van der Waals surface area (Å²) < 4.78 is 1.15. The number of nitrogens with zero attached hydrogens (tertiary/aromatic N) is 1. The number of halogens is 1. The maximum Gasteiger partial charge on any atom is 0.303 e. The topological polar surface area (TPSA) is 40.5 Å². The molecule has 4 heteroatoms. The van der Waals surface area contributed by atoms with Gasteiger partial charge in [0, 0.05) is 16.9 Å². The van der Waals surface area contributed by atoms with Gasteiger partial charge in [-0.3, -0.25) is 9.69 Å². The summed E-state index contributed by atoms with van der Waals surface area (Å²) in [6, 6.07) is 8.76. The third-order valence-electron chi connectivity index (χ3n) is 3.46. The van der Waals surface area contributed by atoms with Gasteiger partial charge in [0.25, 0.3) is 0 Å². The highest BCUT2D eigenvalue weighted by Gasteiger charge is 2.26. The lowest BCUT2D eigenvalue weighted by Crippen LogP contribution is -2.25. The summed E-state index contributed by atoms with van der Waals surface area (Å²) in [4.78, 5) is 13.0. The van der Waals surface area contributed by atoms with Crippen LogP contribution in [-0.2, 0) is 4.79 Å². The molecule has 0 radical (unpaired) electrons. The minimum Gasteiger partial charge on any atom is -0.481 e. The van der Waals surface area contributed by atoms with Crippen LogP contribution in [0.15, 0.2) is 28.7 Å². The molecule has 1 aliphatic rings. The molecule has 1 N–H and O–H groups in total. The molecule has 3 nitrogen and oxygen atoms in total. The Morgan fingerprint density at radius 1 is 1.44 bits per heavy atom. The monoisotopic (exact) mass is 311 g/mol. The molecule has 1 aromatic carbocycles. The molecule has 0 aliphatic carbocycles. The van der Waals surface area contributed by atoms with E-state index in [2.05, 4.69) is 39.0 Å². The second-order valence-electron chi connectivity index (χ2n) is 4.71. The molecule has 98 valence electrons. The zero-order chi connectivity index (χ0) is 13.0. The first-order valence-corrected chi connectivity index (χ1v) is 7.18. The van der Waals surface area contributed by atoms with Crippen LogP contribution in [0, 0.1) is 0 Å². The van der Waals surface area contributed by atoms with Gasteiger partial charge in [0.15, 0.2) is 0 Å². The number of benzene rings is 1. The molecule has 18 heavy (non-hydrogen) atoms. The average Bonchev–Trinajstić information content (AvgIpc) is 2.77. The SMILES string of the molecule is O=C(O)CCCN1CCC[C@H]1c1ccccc1Br. The lowest BCUT2D eigenvalue weighted by atomic mass is 10.0. The van der Waals surface area contributed by atoms with Crippen LogP contribution in [0.1, 0.15) is 37.3 Å². The first-order chi connectivity index (χ1) is 8.68. The molecule has 0 bridgehead atoms. The quantitative estimate of drug-likeness (QED) is 0.905. The van der Waals surface area contributed by atoms with Gasteiger partial charge in [0.2, 0.25) is 0 Å². The second kappa shape index (κ2) is 6.34. The summed E-state index contributed by atoms with van der Waals surface area (Å²) in [5, 5.41) is 8.69. The number of carboxylic acids is 1. The summed E-state index contributed by atoms with van der Waals surface area (Å²) in [5.41, 5.74) is 1.32. The molecule has 1 aromatic rings. The van der Waals surface area contributed by atoms with Gasteiger partial charge in [-0.2, -0.15) is 0 Å². The lowest BCUT2D eigenvalue weighted by Gasteiger charge is -2.25. The minimum absolute atomic E-state index is 0.263. The summed E-state index contributed by atoms with van der Waals surface area (Å²) in [5.74, 6) is -0.702. The molecule has 0 spiro atoms. The van der Waals surface area contributed by atoms with E-state index in [1.807, 2.05) is 6.07 Å². The Balaban J connectivity index is 1.99. The van der Waals surface area contributed by atoms with Crippen LogP contribution in [0.5, 0.6) is 0 Å². The van der Waals surface area contributed by atoms with Gasteiger partial charge < -0.3 is 5.11 Å². The van der Waals surface area contributed by atoms with E-state index in [1.54, 1.807) is 0 Å². The van der Waals surface area contributed by atoms with Gasteiger partial charge in [-0.25, -0.2) is 0 Å². The Bertz CT molecular complexity index is 422. The number of aliphatic carboxylic acids is 1. The standard InChI is InChI=1S/C14H18BrNO2/c15-12-6-2-1-5-11(12)13-7-3-9-16(13)10-4-8-14(17)18/h1-2,5-6,13H,3-4,7-10H2,(H,17,18)/t13-/m0/s1. The van der Waals surface area contributed by atoms with Crippen molar-refractivity contribution in [3.05, 3.63) is 34.3 Å². The molecule has 1 fully saturated rings. The molecule has 2 rings (SSSR count). The lowest BCUT2D eigenvalue weighted by molar-refractivity contribution is -0.137. The highest BCUT2D eigenvalue weighted by molar-refractivity contribution is 9.10. The molecule has 1 saturated heterocycles. The highest BCUT2D eigenvalue weighted by Crippen LogP contribution is 2.35. The van der Waals surface area contributed by atoms with Crippen molar-refractivity contribution in [3.8, 4) is 0 Å². The van der Waals surface area contributed by atoms with E-state index >= 15 is 0 Å². The highest BCUT2D eigenvalue weighted by atomic mass is 79.9. The molecule has 0 amide bonds. The predicted molar refractivity (Wildman–Crippen MR) is 74.6 cm³/mol. The van der Waals surface area contributed by atoms with Gasteiger partial charge in [0.05, 0.1) is 0 Å². The molecular formula is C14H18BrNO2. The Labute approximate surface area is 116 Å². The zero-order valence-corrected chi connectivity index (χ0v) is 11.9. The summed E-state index contributed by atoms with van der Waals surface area (Å²) in [6.45, 7) is 1.95. The van der Waals surface area contributed by atoms with Gasteiger partial charge >= 0.3 is 5.97 Å². The molecule has 0 unspecified atom stereocenters. The first kappa shape index (κ1) is 13.6. The van der Waals surface area contributed by atoms with E-state index in [9.17, 15) is 4.79 Å². The zero-order valence-electron chi connectivity index (χ0n) is 10.3. The molecule has 0 aromatic heterocycles. The van der Waals surface area contributed by atoms with Gasteiger partial charge in [-0.15, -0.1) is 0 Å². The molecule has 1 heterocycles. The fraction of sp³-hybridized carbons (Fsp3) is 0.500. The van der Waals surface area contributed by atoms with Crippen molar-refractivity contribution in [3.63, 3.8) is 0 Å². The van der Waals surface area contributed by atoms with E-state index in [0.29, 0.717) is 6.04 Å². The number of hydrogen-bond acceptors (Lipinski definition) is 2. The maximum absolute atomic E-state index is 10.6. The molecule has 1 atom stereocenters. The molecule has 1 aliphatic heterocycles. The van der Waals surface area contributed by atoms with Crippen molar-refractivity contribution < 1.29 is 9.90 Å². The van der Waals surface area contributed by atoms with Crippen LogP contribution in [0.4, 0.5) is 0 Å². The van der Waals surface area contributed by atoms with E-state index in [4.69, 9.17) is 5.11 Å². The van der Waals surface area contributed by atoms with E-state index in [-0.39, 0.29) is 6.42 Å². The number of hydrogen-bond donors (Lipinski definition) is 1. The van der Waals surface area contributed by atoms with Crippen molar-refractivity contribution in [1.82, 2.24) is 4.90 Å². The number of carbonyl (C=O) groups is 1. The third kappa shape index (κ3) is 3.33. The number of rotatable bonds is 5. The van der Waals surface area contributed by atoms with Crippen molar-refractivity contribution in [2.45, 2.75) is 31.7 Å². The van der Waals surface area contributed by atoms with Crippen LogP contribution in [-0.4, -0.2) is 29.1 Å². The molecule has 0 saturated carbocycles. The van der Waals surface area contributed by atoms with Crippen molar-refractivity contribution in [2.75, 3.05) is 13.1 Å². The number of likely N-dealkylation sites (tertiary alicyclic amines) is 1. The third-order valence-corrected chi connectivity index (χ3v) is 4.19. The van der Waals surface area contributed by atoms with Crippen LogP contribution in [0.3, 0.4) is 0 Å². The Morgan fingerprint density at radius 3 is 2.94 bits per heavy atom. The van der Waals surface area contributed by atoms with E-state index in [0.717, 1.165) is 30.4 Å². The van der Waals surface area contributed by atoms with Gasteiger partial charge in [0.1, 0.15) is 0 Å². The van der Waals surface area contributed by atoms with Gasteiger partial charge in [-0.1, -0.05) is 34.1 Å². The molecular weight excluding hydrogens is 294 g/mol.